The van der Waals surface area contributed by atoms with E-state index in [1.165, 1.54) is 23.9 Å². The number of halogens is 1. The van der Waals surface area contributed by atoms with Gasteiger partial charge in [-0.1, -0.05) is 42.1 Å². The van der Waals surface area contributed by atoms with Crippen molar-refractivity contribution in [1.29, 1.82) is 0 Å². The van der Waals surface area contributed by atoms with Crippen molar-refractivity contribution >= 4 is 17.7 Å². The molecule has 24 heavy (non-hydrogen) atoms. The molecule has 7 heteroatoms. The highest BCUT2D eigenvalue weighted by atomic mass is 32.2. The summed E-state index contributed by atoms with van der Waals surface area (Å²) in [5.41, 5.74) is 1.76. The van der Waals surface area contributed by atoms with Gasteiger partial charge in [0.05, 0.1) is 11.4 Å². The van der Waals surface area contributed by atoms with Crippen LogP contribution in [0.1, 0.15) is 5.56 Å². The van der Waals surface area contributed by atoms with E-state index in [1.54, 1.807) is 23.1 Å². The number of aromatic nitrogens is 3. The van der Waals surface area contributed by atoms with E-state index >= 15 is 0 Å². The van der Waals surface area contributed by atoms with Gasteiger partial charge in [0.25, 0.3) is 0 Å². The highest BCUT2D eigenvalue weighted by Gasteiger charge is 2.07. The van der Waals surface area contributed by atoms with Crippen molar-refractivity contribution in [3.8, 4) is 5.69 Å². The van der Waals surface area contributed by atoms with Crippen LogP contribution in [-0.4, -0.2) is 26.4 Å². The van der Waals surface area contributed by atoms with Gasteiger partial charge < -0.3 is 5.32 Å². The Balaban J connectivity index is 1.48. The van der Waals surface area contributed by atoms with Crippen molar-refractivity contribution < 1.29 is 9.18 Å². The van der Waals surface area contributed by atoms with E-state index in [1.807, 2.05) is 30.3 Å². The Morgan fingerprint density at radius 3 is 2.62 bits per heavy atom. The minimum absolute atomic E-state index is 0.125. The second-order valence-corrected chi connectivity index (χ2v) is 5.94. The molecular formula is C17H15FN4OS. The van der Waals surface area contributed by atoms with E-state index in [9.17, 15) is 9.18 Å². The minimum atomic E-state index is -0.291. The number of thioether (sulfide) groups is 1. The monoisotopic (exact) mass is 342 g/mol. The molecule has 0 atom stereocenters. The second-order valence-electron chi connectivity index (χ2n) is 5.00. The molecule has 0 aliphatic rings. The Bertz CT molecular complexity index is 805. The van der Waals surface area contributed by atoms with Crippen LogP contribution in [0.15, 0.2) is 66.1 Å². The summed E-state index contributed by atoms with van der Waals surface area (Å²) < 4.78 is 14.5. The summed E-state index contributed by atoms with van der Waals surface area (Å²) in [6, 6.07) is 15.7. The highest BCUT2D eigenvalue weighted by molar-refractivity contribution is 7.99. The molecule has 1 heterocycles. The van der Waals surface area contributed by atoms with Gasteiger partial charge in [0.1, 0.15) is 12.1 Å². The molecule has 0 saturated heterocycles. The minimum Gasteiger partial charge on any atom is -0.351 e. The summed E-state index contributed by atoms with van der Waals surface area (Å²) in [5.74, 6) is -0.193. The zero-order chi connectivity index (χ0) is 16.8. The Kier molecular flexibility index (Phi) is 5.22. The van der Waals surface area contributed by atoms with Crippen molar-refractivity contribution in [3.05, 3.63) is 72.3 Å². The number of hydrogen-bond donors (Lipinski definition) is 1. The summed E-state index contributed by atoms with van der Waals surface area (Å²) in [7, 11) is 0. The van der Waals surface area contributed by atoms with Crippen molar-refractivity contribution in [2.75, 3.05) is 5.75 Å². The van der Waals surface area contributed by atoms with E-state index in [4.69, 9.17) is 0 Å². The van der Waals surface area contributed by atoms with Crippen molar-refractivity contribution in [2.24, 2.45) is 0 Å². The number of nitrogens with one attached hydrogen (secondary N) is 1. The highest BCUT2D eigenvalue weighted by Crippen LogP contribution is 2.14. The van der Waals surface area contributed by atoms with Crippen LogP contribution in [0.5, 0.6) is 0 Å². The van der Waals surface area contributed by atoms with Crippen molar-refractivity contribution in [3.63, 3.8) is 0 Å². The van der Waals surface area contributed by atoms with E-state index in [-0.39, 0.29) is 17.5 Å². The topological polar surface area (TPSA) is 59.8 Å². The van der Waals surface area contributed by atoms with Gasteiger partial charge in [-0.2, -0.15) is 0 Å². The molecule has 0 spiro atoms. The first kappa shape index (κ1) is 16.2. The Labute approximate surface area is 142 Å². The van der Waals surface area contributed by atoms with E-state index in [0.29, 0.717) is 11.7 Å². The maximum Gasteiger partial charge on any atom is 0.230 e. The largest absolute Gasteiger partial charge is 0.351 e. The molecule has 0 fully saturated rings. The molecule has 0 bridgehead atoms. The standard InChI is InChI=1S/C17H15FN4OS/c18-14-8-6-13(7-9-14)10-19-16(23)11-24-17-20-12-22(21-17)15-4-2-1-3-5-15/h1-9,12H,10-11H2,(H,19,23). The fourth-order valence-corrected chi connectivity index (χ4v) is 2.63. The van der Waals surface area contributed by atoms with Gasteiger partial charge in [0, 0.05) is 6.54 Å². The average Bonchev–Trinajstić information content (AvgIpc) is 3.09. The molecular weight excluding hydrogens is 327 g/mol. The molecule has 5 nitrogen and oxygen atoms in total. The number of amides is 1. The van der Waals surface area contributed by atoms with Crippen molar-refractivity contribution in [2.45, 2.75) is 11.7 Å². The number of hydrogen-bond acceptors (Lipinski definition) is 4. The molecule has 1 aromatic heterocycles. The quantitative estimate of drug-likeness (QED) is 0.700. The SMILES string of the molecule is O=C(CSc1ncn(-c2ccccc2)n1)NCc1ccc(F)cc1. The number of carbonyl (C=O) groups is 1. The molecule has 0 unspecified atom stereocenters. The zero-order valence-electron chi connectivity index (χ0n) is 12.7. The lowest BCUT2D eigenvalue weighted by Gasteiger charge is -2.04. The van der Waals surface area contributed by atoms with Crippen LogP contribution in [-0.2, 0) is 11.3 Å². The first-order valence-corrected chi connectivity index (χ1v) is 8.30. The molecule has 1 N–H and O–H groups in total. The summed E-state index contributed by atoms with van der Waals surface area (Å²) in [5, 5.41) is 7.65. The van der Waals surface area contributed by atoms with E-state index in [2.05, 4.69) is 15.4 Å². The summed E-state index contributed by atoms with van der Waals surface area (Å²) in [4.78, 5) is 16.1. The van der Waals surface area contributed by atoms with Crippen LogP contribution in [0.4, 0.5) is 4.39 Å². The lowest BCUT2D eigenvalue weighted by Crippen LogP contribution is -2.24. The first-order valence-electron chi connectivity index (χ1n) is 7.32. The Morgan fingerprint density at radius 2 is 1.88 bits per heavy atom. The summed E-state index contributed by atoms with van der Waals surface area (Å²) in [6.45, 7) is 0.367. The van der Waals surface area contributed by atoms with E-state index in [0.717, 1.165) is 11.3 Å². The molecule has 3 aromatic rings. The molecule has 0 aliphatic heterocycles. The van der Waals surface area contributed by atoms with Crippen LogP contribution in [0, 0.1) is 5.82 Å². The van der Waals surface area contributed by atoms with Gasteiger partial charge in [-0.15, -0.1) is 5.10 Å². The van der Waals surface area contributed by atoms with Crippen LogP contribution in [0.2, 0.25) is 0 Å². The second kappa shape index (κ2) is 7.74. The summed E-state index contributed by atoms with van der Waals surface area (Å²) >= 11 is 1.27. The first-order chi connectivity index (χ1) is 11.7. The number of para-hydroxylation sites is 1. The normalized spacial score (nSPS) is 10.5. The number of carbonyl (C=O) groups excluding carboxylic acids is 1. The van der Waals surface area contributed by atoms with Crippen LogP contribution in [0.3, 0.4) is 0 Å². The Morgan fingerprint density at radius 1 is 1.12 bits per heavy atom. The van der Waals surface area contributed by atoms with Crippen LogP contribution >= 0.6 is 11.8 Å². The van der Waals surface area contributed by atoms with Gasteiger partial charge in [0.15, 0.2) is 0 Å². The number of rotatable bonds is 6. The van der Waals surface area contributed by atoms with Gasteiger partial charge in [-0.3, -0.25) is 4.79 Å². The third-order valence-corrected chi connectivity index (χ3v) is 4.08. The maximum atomic E-state index is 12.8. The van der Waals surface area contributed by atoms with Gasteiger partial charge in [0.2, 0.25) is 11.1 Å². The van der Waals surface area contributed by atoms with Gasteiger partial charge in [-0.05, 0) is 29.8 Å². The number of benzene rings is 2. The Hall–Kier alpha value is -2.67. The average molecular weight is 342 g/mol. The molecule has 0 aliphatic carbocycles. The van der Waals surface area contributed by atoms with Crippen LogP contribution < -0.4 is 5.32 Å². The predicted octanol–water partition coefficient (Wildman–Crippen LogP) is 2.81. The van der Waals surface area contributed by atoms with E-state index < -0.39 is 0 Å². The fourth-order valence-electron chi connectivity index (χ4n) is 2.00. The maximum absolute atomic E-state index is 12.8. The summed E-state index contributed by atoms with van der Waals surface area (Å²) in [6.07, 6.45) is 1.62. The third kappa shape index (κ3) is 4.42. The molecule has 122 valence electrons. The van der Waals surface area contributed by atoms with Gasteiger partial charge >= 0.3 is 0 Å². The predicted molar refractivity (Wildman–Crippen MR) is 90.3 cm³/mol. The fraction of sp³-hybridized carbons (Fsp3) is 0.118. The molecule has 0 saturated carbocycles. The van der Waals surface area contributed by atoms with Crippen LogP contribution in [0.25, 0.3) is 5.69 Å². The lowest BCUT2D eigenvalue weighted by molar-refractivity contribution is -0.118. The van der Waals surface area contributed by atoms with Crippen molar-refractivity contribution in [1.82, 2.24) is 20.1 Å². The molecule has 3 rings (SSSR count). The third-order valence-electron chi connectivity index (χ3n) is 3.23. The number of nitrogens with zero attached hydrogens (tertiary/aromatic N) is 3. The molecule has 0 radical (unpaired) electrons. The zero-order valence-corrected chi connectivity index (χ0v) is 13.5. The lowest BCUT2D eigenvalue weighted by atomic mass is 10.2. The smallest absolute Gasteiger partial charge is 0.230 e. The molecule has 1 amide bonds. The van der Waals surface area contributed by atoms with Gasteiger partial charge in [-0.25, -0.2) is 14.1 Å². The molecule has 2 aromatic carbocycles.